The molecule has 0 aromatic heterocycles. The van der Waals surface area contributed by atoms with Crippen molar-refractivity contribution in [3.63, 3.8) is 0 Å². The van der Waals surface area contributed by atoms with Gasteiger partial charge in [-0.15, -0.1) is 0 Å². The Balaban J connectivity index is 2.35. The average molecular weight is 276 g/mol. The van der Waals surface area contributed by atoms with Gasteiger partial charge in [0.05, 0.1) is 0 Å². The van der Waals surface area contributed by atoms with Crippen LogP contribution in [0, 0.1) is 0 Å². The highest BCUT2D eigenvalue weighted by molar-refractivity contribution is 5.81. The van der Waals surface area contributed by atoms with Crippen LogP contribution in [-0.2, 0) is 10.3 Å². The van der Waals surface area contributed by atoms with Crippen LogP contribution in [0.4, 0.5) is 0 Å². The Morgan fingerprint density at radius 3 is 2.35 bits per heavy atom. The van der Waals surface area contributed by atoms with Gasteiger partial charge in [-0.05, 0) is 31.5 Å². The maximum Gasteiger partial charge on any atom is 0.329 e. The third-order valence-electron chi connectivity index (χ3n) is 4.01. The molecule has 1 unspecified atom stereocenters. The van der Waals surface area contributed by atoms with Gasteiger partial charge >= 0.3 is 5.97 Å². The molecule has 1 atom stereocenters. The second-order valence-corrected chi connectivity index (χ2v) is 5.46. The van der Waals surface area contributed by atoms with E-state index in [9.17, 15) is 9.90 Å². The van der Waals surface area contributed by atoms with Gasteiger partial charge in [0.1, 0.15) is 0 Å². The van der Waals surface area contributed by atoms with Gasteiger partial charge in [0.2, 0.25) is 0 Å². The number of aliphatic carboxylic acids is 1. The van der Waals surface area contributed by atoms with E-state index in [2.05, 4.69) is 24.1 Å². The zero-order valence-corrected chi connectivity index (χ0v) is 12.3. The van der Waals surface area contributed by atoms with E-state index in [0.717, 1.165) is 31.5 Å². The maximum atomic E-state index is 12.1. The van der Waals surface area contributed by atoms with Crippen LogP contribution in [0.2, 0.25) is 0 Å². The Labute approximate surface area is 120 Å². The van der Waals surface area contributed by atoms with Crippen LogP contribution in [0.3, 0.4) is 0 Å². The highest BCUT2D eigenvalue weighted by Gasteiger charge is 2.45. The van der Waals surface area contributed by atoms with Crippen molar-refractivity contribution < 1.29 is 9.90 Å². The molecule has 0 heterocycles. The van der Waals surface area contributed by atoms with Crippen LogP contribution in [0.5, 0.6) is 0 Å². The van der Waals surface area contributed by atoms with Crippen LogP contribution in [-0.4, -0.2) is 41.7 Å². The van der Waals surface area contributed by atoms with Gasteiger partial charge in [0, 0.05) is 12.6 Å². The lowest BCUT2D eigenvalue weighted by Crippen LogP contribution is -2.57. The van der Waals surface area contributed by atoms with E-state index in [1.807, 2.05) is 30.3 Å². The molecule has 0 radical (unpaired) electrons. The molecule has 20 heavy (non-hydrogen) atoms. The minimum Gasteiger partial charge on any atom is -0.480 e. The number of likely N-dealkylation sites (N-methyl/N-ethyl adjacent to an activating group) is 1. The predicted molar refractivity (Wildman–Crippen MR) is 79.7 cm³/mol. The topological polar surface area (TPSA) is 52.6 Å². The molecule has 110 valence electrons. The highest BCUT2D eigenvalue weighted by atomic mass is 16.4. The molecule has 1 fully saturated rings. The Morgan fingerprint density at radius 1 is 1.30 bits per heavy atom. The van der Waals surface area contributed by atoms with Gasteiger partial charge in [-0.2, -0.15) is 0 Å². The summed E-state index contributed by atoms with van der Waals surface area (Å²) >= 11 is 0. The zero-order chi connectivity index (χ0) is 14.6. The van der Waals surface area contributed by atoms with Crippen molar-refractivity contribution in [3.05, 3.63) is 35.9 Å². The molecule has 0 bridgehead atoms. The summed E-state index contributed by atoms with van der Waals surface area (Å²) < 4.78 is 0. The lowest BCUT2D eigenvalue weighted by molar-refractivity contribution is -0.146. The molecule has 2 rings (SSSR count). The standard InChI is InChI=1S/C16H24N2O2/c1-3-18(4-2)12-16(15(19)20,17-14-10-11-14)13-8-6-5-7-9-13/h5-9,14,17H,3-4,10-12H2,1-2H3,(H,19,20). The number of nitrogens with zero attached hydrogens (tertiary/aromatic N) is 1. The van der Waals surface area contributed by atoms with Crippen LogP contribution < -0.4 is 5.32 Å². The van der Waals surface area contributed by atoms with Crippen molar-refractivity contribution in [1.29, 1.82) is 0 Å². The minimum atomic E-state index is -1.01. The maximum absolute atomic E-state index is 12.1. The summed E-state index contributed by atoms with van der Waals surface area (Å²) in [6.07, 6.45) is 2.14. The monoisotopic (exact) mass is 276 g/mol. The number of hydrogen-bond acceptors (Lipinski definition) is 3. The quantitative estimate of drug-likeness (QED) is 0.763. The number of rotatable bonds is 8. The van der Waals surface area contributed by atoms with E-state index in [4.69, 9.17) is 0 Å². The van der Waals surface area contributed by atoms with Crippen molar-refractivity contribution in [3.8, 4) is 0 Å². The molecular formula is C16H24N2O2. The first-order valence-corrected chi connectivity index (χ1v) is 7.41. The fraction of sp³-hybridized carbons (Fsp3) is 0.562. The molecule has 1 aliphatic carbocycles. The van der Waals surface area contributed by atoms with Crippen LogP contribution in [0.15, 0.2) is 30.3 Å². The Hall–Kier alpha value is -1.39. The van der Waals surface area contributed by atoms with Crippen molar-refractivity contribution in [2.75, 3.05) is 19.6 Å². The predicted octanol–water partition coefficient (Wildman–Crippen LogP) is 2.06. The summed E-state index contributed by atoms with van der Waals surface area (Å²) in [5, 5.41) is 13.3. The first kappa shape index (κ1) is 15.0. The first-order valence-electron chi connectivity index (χ1n) is 7.41. The first-order chi connectivity index (χ1) is 9.62. The number of benzene rings is 1. The smallest absolute Gasteiger partial charge is 0.329 e. The normalized spacial score (nSPS) is 17.9. The Morgan fingerprint density at radius 2 is 1.90 bits per heavy atom. The molecule has 0 saturated heterocycles. The molecule has 4 nitrogen and oxygen atoms in total. The molecule has 1 aromatic carbocycles. The lowest BCUT2D eigenvalue weighted by Gasteiger charge is -2.36. The van der Waals surface area contributed by atoms with E-state index < -0.39 is 11.5 Å². The number of hydrogen-bond donors (Lipinski definition) is 2. The third-order valence-corrected chi connectivity index (χ3v) is 4.01. The third kappa shape index (κ3) is 3.19. The average Bonchev–Trinajstić information content (AvgIpc) is 3.28. The molecule has 1 aliphatic rings. The van der Waals surface area contributed by atoms with E-state index in [1.165, 1.54) is 0 Å². The van der Waals surface area contributed by atoms with E-state index in [0.29, 0.717) is 12.6 Å². The summed E-state index contributed by atoms with van der Waals surface area (Å²) in [6, 6.07) is 9.89. The summed E-state index contributed by atoms with van der Waals surface area (Å²) in [5.41, 5.74) is -0.166. The number of carbonyl (C=O) groups is 1. The fourth-order valence-corrected chi connectivity index (χ4v) is 2.55. The zero-order valence-electron chi connectivity index (χ0n) is 12.3. The molecule has 1 saturated carbocycles. The van der Waals surface area contributed by atoms with Crippen LogP contribution in [0.25, 0.3) is 0 Å². The summed E-state index contributed by atoms with van der Waals surface area (Å²) in [5.74, 6) is -0.789. The summed E-state index contributed by atoms with van der Waals surface area (Å²) in [6.45, 7) is 6.34. The number of carboxylic acid groups (broad SMARTS) is 1. The van der Waals surface area contributed by atoms with Gasteiger partial charge in [-0.25, -0.2) is 4.79 Å². The van der Waals surface area contributed by atoms with Crippen molar-refractivity contribution in [2.24, 2.45) is 0 Å². The molecule has 0 aliphatic heterocycles. The second kappa shape index (κ2) is 6.37. The summed E-state index contributed by atoms with van der Waals surface area (Å²) in [4.78, 5) is 14.2. The van der Waals surface area contributed by atoms with E-state index in [1.54, 1.807) is 0 Å². The van der Waals surface area contributed by atoms with Crippen molar-refractivity contribution in [1.82, 2.24) is 10.2 Å². The van der Waals surface area contributed by atoms with Gasteiger partial charge in [-0.1, -0.05) is 44.2 Å². The Kier molecular flexibility index (Phi) is 4.78. The van der Waals surface area contributed by atoms with E-state index in [-0.39, 0.29) is 0 Å². The molecular weight excluding hydrogens is 252 g/mol. The summed E-state index contributed by atoms with van der Waals surface area (Å²) in [7, 11) is 0. The van der Waals surface area contributed by atoms with Crippen LogP contribution in [0.1, 0.15) is 32.3 Å². The van der Waals surface area contributed by atoms with Gasteiger partial charge < -0.3 is 10.0 Å². The molecule has 0 amide bonds. The lowest BCUT2D eigenvalue weighted by atomic mass is 9.88. The van der Waals surface area contributed by atoms with Gasteiger partial charge in [0.25, 0.3) is 0 Å². The number of carboxylic acids is 1. The number of nitrogens with one attached hydrogen (secondary N) is 1. The van der Waals surface area contributed by atoms with E-state index >= 15 is 0 Å². The molecule has 2 N–H and O–H groups in total. The SMILES string of the molecule is CCN(CC)CC(NC1CC1)(C(=O)O)c1ccccc1. The molecule has 4 heteroatoms. The van der Waals surface area contributed by atoms with Crippen molar-refractivity contribution >= 4 is 5.97 Å². The van der Waals surface area contributed by atoms with Crippen LogP contribution >= 0.6 is 0 Å². The highest BCUT2D eigenvalue weighted by Crippen LogP contribution is 2.30. The van der Waals surface area contributed by atoms with Gasteiger partial charge in [0.15, 0.2) is 5.54 Å². The Bertz CT molecular complexity index is 441. The van der Waals surface area contributed by atoms with Crippen molar-refractivity contribution in [2.45, 2.75) is 38.3 Å². The molecule has 1 aromatic rings. The minimum absolute atomic E-state index is 0.335. The second-order valence-electron chi connectivity index (χ2n) is 5.46. The van der Waals surface area contributed by atoms with Gasteiger partial charge in [-0.3, -0.25) is 5.32 Å². The largest absolute Gasteiger partial charge is 0.480 e. The molecule has 0 spiro atoms. The fourth-order valence-electron chi connectivity index (χ4n) is 2.55.